The summed E-state index contributed by atoms with van der Waals surface area (Å²) in [4.78, 5) is 0. The summed E-state index contributed by atoms with van der Waals surface area (Å²) in [5.74, 6) is 1.09. The third-order valence-electron chi connectivity index (χ3n) is 6.75. The quantitative estimate of drug-likeness (QED) is 0.105. The van der Waals surface area contributed by atoms with E-state index in [0.717, 1.165) is 48.5 Å². The number of allylic oxidation sites excluding steroid dienone is 5. The van der Waals surface area contributed by atoms with Crippen LogP contribution >= 0.6 is 0 Å². The second-order valence-corrected chi connectivity index (χ2v) is 9.64. The Morgan fingerprint density at radius 3 is 2.43 bits per heavy atom. The first-order valence-corrected chi connectivity index (χ1v) is 12.8. The summed E-state index contributed by atoms with van der Waals surface area (Å²) in [6.45, 7) is 9.22. The summed E-state index contributed by atoms with van der Waals surface area (Å²) in [7, 11) is 0. The zero-order chi connectivity index (χ0) is 24.7. The minimum atomic E-state index is -0.678. The van der Waals surface area contributed by atoms with E-state index in [0.29, 0.717) is 6.04 Å². The summed E-state index contributed by atoms with van der Waals surface area (Å²) in [5, 5.41) is 7.24. The molecule has 2 unspecified atom stereocenters. The average Bonchev–Trinajstić information content (AvgIpc) is 3.69. The van der Waals surface area contributed by atoms with Crippen LogP contribution in [0.25, 0.3) is 0 Å². The van der Waals surface area contributed by atoms with Gasteiger partial charge in [0.05, 0.1) is 5.56 Å². The molecule has 1 aliphatic carbocycles. The molecule has 4 rings (SSSR count). The van der Waals surface area contributed by atoms with E-state index in [1.165, 1.54) is 24.1 Å². The number of amidine groups is 1. The highest BCUT2D eigenvalue weighted by Crippen LogP contribution is 2.30. The van der Waals surface area contributed by atoms with Gasteiger partial charge in [0.15, 0.2) is 11.7 Å². The Labute approximate surface area is 210 Å². The van der Waals surface area contributed by atoms with Crippen LogP contribution in [0.2, 0.25) is 0 Å². The van der Waals surface area contributed by atoms with Crippen LogP contribution in [0.1, 0.15) is 57.1 Å². The van der Waals surface area contributed by atoms with Crippen LogP contribution < -0.4 is 16.4 Å². The minimum absolute atomic E-state index is 0.404. The fourth-order valence-electron chi connectivity index (χ4n) is 4.58. The highest BCUT2D eigenvalue weighted by molar-refractivity contribution is 5.96. The van der Waals surface area contributed by atoms with Gasteiger partial charge < -0.3 is 5.32 Å². The van der Waals surface area contributed by atoms with Crippen molar-refractivity contribution in [1.29, 1.82) is 0 Å². The second-order valence-electron chi connectivity index (χ2n) is 9.64. The van der Waals surface area contributed by atoms with E-state index >= 15 is 0 Å². The first-order chi connectivity index (χ1) is 17.0. The van der Waals surface area contributed by atoms with Crippen LogP contribution in [-0.4, -0.2) is 23.0 Å². The Hall–Kier alpha value is -3.37. The molecule has 0 radical (unpaired) electrons. The molecule has 0 saturated carbocycles. The Balaban J connectivity index is 1.53. The van der Waals surface area contributed by atoms with E-state index in [9.17, 15) is 0 Å². The van der Waals surface area contributed by atoms with Gasteiger partial charge in [-0.25, -0.2) is 4.58 Å². The highest BCUT2D eigenvalue weighted by atomic mass is 15.3. The third-order valence-corrected chi connectivity index (χ3v) is 6.75. The van der Waals surface area contributed by atoms with Crippen molar-refractivity contribution in [1.82, 2.24) is 10.6 Å². The third kappa shape index (κ3) is 6.40. The summed E-state index contributed by atoms with van der Waals surface area (Å²) in [6, 6.07) is 21.2. The first kappa shape index (κ1) is 24.7. The summed E-state index contributed by atoms with van der Waals surface area (Å²) in [6.07, 6.45) is 14.3. The molecule has 2 aromatic rings. The van der Waals surface area contributed by atoms with Gasteiger partial charge in [0.25, 0.3) is 5.84 Å². The van der Waals surface area contributed by atoms with E-state index in [4.69, 9.17) is 5.73 Å². The van der Waals surface area contributed by atoms with Gasteiger partial charge >= 0.3 is 0 Å². The minimum Gasteiger partial charge on any atom is -0.359 e. The summed E-state index contributed by atoms with van der Waals surface area (Å²) >= 11 is 0. The maximum absolute atomic E-state index is 6.78. The highest BCUT2D eigenvalue weighted by Gasteiger charge is 2.43. The van der Waals surface area contributed by atoms with Gasteiger partial charge in [0.2, 0.25) is 0 Å². The largest absolute Gasteiger partial charge is 0.359 e. The molecule has 1 saturated heterocycles. The van der Waals surface area contributed by atoms with Gasteiger partial charge in [-0.05, 0) is 56.0 Å². The number of nitrogens with zero attached hydrogens (tertiary/aromatic N) is 1. The lowest BCUT2D eigenvalue weighted by molar-refractivity contribution is -0.357. The number of hydrogen-bond donors (Lipinski definition) is 3. The first-order valence-electron chi connectivity index (χ1n) is 12.8. The molecule has 182 valence electrons. The van der Waals surface area contributed by atoms with Crippen molar-refractivity contribution in [3.8, 4) is 0 Å². The molecule has 4 N–H and O–H groups in total. The number of benzene rings is 2. The van der Waals surface area contributed by atoms with Crippen LogP contribution in [0.4, 0.5) is 0 Å². The molecule has 2 aliphatic rings. The SMILES string of the molecule is C=CC(=CCCCC)NC1=CC=C(C2C[N+]2=C(NC(C)(N)c2ccccc2)c2ccccc2)CC1. The molecule has 0 aromatic heterocycles. The van der Waals surface area contributed by atoms with Crippen LogP contribution in [-0.2, 0) is 5.66 Å². The van der Waals surface area contributed by atoms with Crippen molar-refractivity contribution >= 4 is 5.84 Å². The molecule has 1 aliphatic heterocycles. The van der Waals surface area contributed by atoms with Crippen LogP contribution in [0.15, 0.2) is 109 Å². The predicted octanol–water partition coefficient (Wildman–Crippen LogP) is 5.70. The van der Waals surface area contributed by atoms with Gasteiger partial charge in [-0.1, -0.05) is 87.0 Å². The predicted molar refractivity (Wildman–Crippen MR) is 147 cm³/mol. The number of nitrogens with one attached hydrogen (secondary N) is 2. The lowest BCUT2D eigenvalue weighted by atomic mass is 9.99. The maximum Gasteiger partial charge on any atom is 0.279 e. The van der Waals surface area contributed by atoms with Crippen molar-refractivity contribution in [2.24, 2.45) is 5.73 Å². The van der Waals surface area contributed by atoms with Crippen molar-refractivity contribution in [2.45, 2.75) is 57.7 Å². The molecule has 0 bridgehead atoms. The molecule has 2 atom stereocenters. The number of hydrogen-bond acceptors (Lipinski definition) is 2. The number of rotatable bonds is 10. The summed E-state index contributed by atoms with van der Waals surface area (Å²) < 4.78 is 2.43. The molecule has 4 nitrogen and oxygen atoms in total. The van der Waals surface area contributed by atoms with Gasteiger partial charge in [-0.3, -0.25) is 11.1 Å². The molecule has 35 heavy (non-hydrogen) atoms. The molecule has 1 fully saturated rings. The molecular weight excluding hydrogens is 428 g/mol. The fraction of sp³-hybridized carbons (Fsp3) is 0.323. The van der Waals surface area contributed by atoms with Gasteiger partial charge in [-0.2, -0.15) is 0 Å². The van der Waals surface area contributed by atoms with Crippen LogP contribution in [0.5, 0.6) is 0 Å². The van der Waals surface area contributed by atoms with E-state index in [1.54, 1.807) is 0 Å². The monoisotopic (exact) mass is 467 g/mol. The van der Waals surface area contributed by atoms with Crippen LogP contribution in [0.3, 0.4) is 0 Å². The lowest BCUT2D eigenvalue weighted by Gasteiger charge is -2.23. The zero-order valence-corrected chi connectivity index (χ0v) is 21.1. The normalized spacial score (nSPS) is 20.8. The van der Waals surface area contributed by atoms with Gasteiger partial charge in [0.1, 0.15) is 6.54 Å². The fourth-order valence-corrected chi connectivity index (χ4v) is 4.58. The van der Waals surface area contributed by atoms with E-state index in [2.05, 4.69) is 89.4 Å². The van der Waals surface area contributed by atoms with Gasteiger partial charge in [-0.15, -0.1) is 0 Å². The standard InChI is InChI=1S/C31H38N4/c1-4-6-9-18-27(5-2)33-28-21-19-24(20-22-28)29-23-35(29)30(25-14-10-7-11-15-25)34-31(3,32)26-16-12-8-13-17-26/h5,7-8,10-19,21,29,33H,2,4,6,9,20,22-23,32H2,1,3H3/p+1. The zero-order valence-electron chi connectivity index (χ0n) is 21.1. The number of nitrogens with two attached hydrogens (primary N) is 1. The lowest BCUT2D eigenvalue weighted by Crippen LogP contribution is -2.52. The Bertz CT molecular complexity index is 1140. The number of unbranched alkanes of at least 4 members (excludes halogenated alkanes) is 2. The van der Waals surface area contributed by atoms with Crippen LogP contribution in [0, 0.1) is 0 Å². The molecule has 2 aromatic carbocycles. The molecular formula is C31H39N4+. The van der Waals surface area contributed by atoms with E-state index in [1.807, 2.05) is 31.2 Å². The van der Waals surface area contributed by atoms with Crippen molar-refractivity contribution < 1.29 is 4.58 Å². The topological polar surface area (TPSA) is 53.1 Å². The maximum atomic E-state index is 6.78. The van der Waals surface area contributed by atoms with Crippen molar-refractivity contribution in [2.75, 3.05) is 6.54 Å². The Morgan fingerprint density at radius 2 is 1.80 bits per heavy atom. The average molecular weight is 468 g/mol. The molecule has 4 heteroatoms. The Morgan fingerprint density at radius 1 is 1.09 bits per heavy atom. The molecule has 0 spiro atoms. The second kappa shape index (κ2) is 11.4. The van der Waals surface area contributed by atoms with E-state index in [-0.39, 0.29) is 0 Å². The molecule has 0 amide bonds. The summed E-state index contributed by atoms with van der Waals surface area (Å²) in [5.41, 5.74) is 12.2. The van der Waals surface area contributed by atoms with E-state index < -0.39 is 5.66 Å². The van der Waals surface area contributed by atoms with Crippen molar-refractivity contribution in [3.63, 3.8) is 0 Å². The molecule has 1 heterocycles. The Kier molecular flexibility index (Phi) is 8.04. The smallest absolute Gasteiger partial charge is 0.279 e. The van der Waals surface area contributed by atoms with Gasteiger partial charge in [0, 0.05) is 17.0 Å². The van der Waals surface area contributed by atoms with Crippen molar-refractivity contribution in [3.05, 3.63) is 120 Å².